The van der Waals surface area contributed by atoms with E-state index in [1.807, 2.05) is 0 Å². The van der Waals surface area contributed by atoms with Gasteiger partial charge in [-0.15, -0.1) is 0 Å². The monoisotopic (exact) mass is 609 g/mol. The number of nitrogens with zero attached hydrogens (tertiary/aromatic N) is 6. The number of benzene rings is 1. The van der Waals surface area contributed by atoms with Crippen molar-refractivity contribution in [3.05, 3.63) is 47.5 Å². The number of carbonyl (C=O) groups excluding carboxylic acids is 1. The lowest BCUT2D eigenvalue weighted by molar-refractivity contribution is -0.137. The first-order valence-electron chi connectivity index (χ1n) is 13.5. The smallest absolute Gasteiger partial charge is 0.418 e. The van der Waals surface area contributed by atoms with Crippen molar-refractivity contribution < 1.29 is 35.9 Å². The van der Waals surface area contributed by atoms with E-state index in [-0.39, 0.29) is 86.3 Å². The molecule has 0 radical (unpaired) electrons. The summed E-state index contributed by atoms with van der Waals surface area (Å²) in [5.41, 5.74) is 1.43. The topological polar surface area (TPSA) is 101 Å². The van der Waals surface area contributed by atoms with Crippen LogP contribution in [0.5, 0.6) is 6.01 Å². The fourth-order valence-corrected chi connectivity index (χ4v) is 5.56. The van der Waals surface area contributed by atoms with E-state index in [2.05, 4.69) is 21.5 Å². The normalized spacial score (nSPS) is 19.7. The Morgan fingerprint density at radius 2 is 1.86 bits per heavy atom. The number of pyridine rings is 1. The van der Waals surface area contributed by atoms with E-state index in [1.54, 1.807) is 21.7 Å². The highest BCUT2D eigenvalue weighted by molar-refractivity contribution is 5.94. The number of aromatic nitrogens is 3. The number of likely N-dealkylation sites (tertiary alicyclic amines) is 1. The molecule has 2 atom stereocenters. The highest BCUT2D eigenvalue weighted by atomic mass is 19.4. The van der Waals surface area contributed by atoms with E-state index in [0.717, 1.165) is 19.1 Å². The summed E-state index contributed by atoms with van der Waals surface area (Å²) in [6.07, 6.45) is -4.68. The second-order valence-electron chi connectivity index (χ2n) is 10.6. The summed E-state index contributed by atoms with van der Waals surface area (Å²) >= 11 is 0. The Morgan fingerprint density at radius 3 is 2.47 bits per heavy atom. The number of aryl methyl sites for hydroxylation is 1. The number of halogens is 6. The summed E-state index contributed by atoms with van der Waals surface area (Å²) in [7, 11) is 1.72. The zero-order valence-corrected chi connectivity index (χ0v) is 23.4. The highest BCUT2D eigenvalue weighted by Gasteiger charge is 2.39. The summed E-state index contributed by atoms with van der Waals surface area (Å²) in [6, 6.07) is 1.17. The van der Waals surface area contributed by atoms with Crippen molar-refractivity contribution in [3.8, 4) is 17.3 Å². The zero-order valence-electron chi connectivity index (χ0n) is 23.4. The van der Waals surface area contributed by atoms with Gasteiger partial charge in [-0.25, -0.2) is 18.2 Å². The molecule has 5 rings (SSSR count). The van der Waals surface area contributed by atoms with Gasteiger partial charge >= 0.3 is 12.2 Å². The van der Waals surface area contributed by atoms with Gasteiger partial charge in [0.1, 0.15) is 35.7 Å². The summed E-state index contributed by atoms with van der Waals surface area (Å²) in [5.74, 6) is -3.31. The third kappa shape index (κ3) is 5.90. The molecule has 2 aromatic heterocycles. The van der Waals surface area contributed by atoms with Gasteiger partial charge in [-0.3, -0.25) is 9.69 Å². The van der Waals surface area contributed by atoms with E-state index in [9.17, 15) is 22.4 Å². The molecule has 4 heterocycles. The van der Waals surface area contributed by atoms with Crippen LogP contribution >= 0.6 is 0 Å². The maximum atomic E-state index is 16.3. The molecule has 0 spiro atoms. The van der Waals surface area contributed by atoms with E-state index in [0.29, 0.717) is 0 Å². The Hall–Kier alpha value is -4.14. The number of amides is 1. The highest BCUT2D eigenvalue weighted by Crippen LogP contribution is 2.43. The number of likely N-dealkylation sites (N-methyl/N-ethyl adjacent to an activating group) is 1. The van der Waals surface area contributed by atoms with Crippen LogP contribution in [0.25, 0.3) is 22.2 Å². The summed E-state index contributed by atoms with van der Waals surface area (Å²) in [4.78, 5) is 29.2. The number of piperazine rings is 1. The molecule has 2 aliphatic rings. The van der Waals surface area contributed by atoms with E-state index in [4.69, 9.17) is 10.5 Å². The molecule has 43 heavy (non-hydrogen) atoms. The van der Waals surface area contributed by atoms with Crippen molar-refractivity contribution in [2.24, 2.45) is 0 Å². The van der Waals surface area contributed by atoms with Crippen LogP contribution in [0.2, 0.25) is 0 Å². The van der Waals surface area contributed by atoms with Crippen LogP contribution in [-0.2, 0) is 11.0 Å². The molecule has 0 unspecified atom stereocenters. The van der Waals surface area contributed by atoms with Crippen LogP contribution in [0.1, 0.15) is 17.5 Å². The van der Waals surface area contributed by atoms with Gasteiger partial charge in [0.2, 0.25) is 5.91 Å². The average Bonchev–Trinajstić information content (AvgIpc) is 3.26. The Labute approximate surface area is 242 Å². The first kappa shape index (κ1) is 30.3. The lowest BCUT2D eigenvalue weighted by Gasteiger charge is -2.35. The molecular formula is C28H29F6N7O2. The summed E-state index contributed by atoms with van der Waals surface area (Å²) < 4.78 is 93.8. The third-order valence-corrected chi connectivity index (χ3v) is 7.71. The standard InChI is InChI=1S/C28H29F6N7O2/c1-4-20(42)40-5-7-41(8-6-40)26-17-11-18(30)21(25-22(28(32,33)34)14(2)9-19(35)36-25)23(31)24(17)37-27(38-26)43-13-16-10-15(29)12-39(16)3/h4,9,11,15-16H,1,5-8,10,12-13H2,2-3H3,(H2,35,36)/t15-,16+/m1/s1. The van der Waals surface area contributed by atoms with Crippen molar-refractivity contribution in [1.29, 1.82) is 0 Å². The molecule has 0 bridgehead atoms. The number of nitrogen functional groups attached to an aromatic ring is 1. The number of fused-ring (bicyclic) bond motifs is 1. The van der Waals surface area contributed by atoms with E-state index < -0.39 is 46.3 Å². The molecule has 3 aromatic rings. The molecule has 0 saturated carbocycles. The predicted octanol–water partition coefficient (Wildman–Crippen LogP) is 4.14. The molecule has 0 aliphatic carbocycles. The van der Waals surface area contributed by atoms with Gasteiger partial charge in [0.25, 0.3) is 0 Å². The second-order valence-corrected chi connectivity index (χ2v) is 10.6. The molecule has 9 nitrogen and oxygen atoms in total. The average molecular weight is 610 g/mol. The molecule has 15 heteroatoms. The lowest BCUT2D eigenvalue weighted by atomic mass is 9.98. The molecule has 2 N–H and O–H groups in total. The van der Waals surface area contributed by atoms with Crippen molar-refractivity contribution >= 4 is 28.4 Å². The van der Waals surface area contributed by atoms with Gasteiger partial charge in [-0.1, -0.05) is 6.58 Å². The van der Waals surface area contributed by atoms with Crippen LogP contribution in [0, 0.1) is 18.6 Å². The first-order chi connectivity index (χ1) is 20.3. The summed E-state index contributed by atoms with van der Waals surface area (Å²) in [6.45, 7) is 5.70. The number of carbonyl (C=O) groups is 1. The quantitative estimate of drug-likeness (QED) is 0.329. The minimum Gasteiger partial charge on any atom is -0.462 e. The first-order valence-corrected chi connectivity index (χ1v) is 13.5. The fraction of sp³-hybridized carbons (Fsp3) is 0.429. The maximum Gasteiger partial charge on any atom is 0.418 e. The van der Waals surface area contributed by atoms with Gasteiger partial charge in [0, 0.05) is 44.2 Å². The van der Waals surface area contributed by atoms with E-state index in [1.165, 1.54) is 6.08 Å². The number of hydrogen-bond acceptors (Lipinski definition) is 8. The number of hydrogen-bond donors (Lipinski definition) is 1. The zero-order chi connectivity index (χ0) is 31.2. The molecule has 2 aliphatic heterocycles. The predicted molar refractivity (Wildman–Crippen MR) is 147 cm³/mol. The Morgan fingerprint density at radius 1 is 1.16 bits per heavy atom. The molecule has 2 saturated heterocycles. The molecule has 230 valence electrons. The van der Waals surface area contributed by atoms with Gasteiger partial charge < -0.3 is 20.3 Å². The number of alkyl halides is 4. The molecule has 1 aromatic carbocycles. The number of rotatable bonds is 6. The Bertz CT molecular complexity index is 1580. The molecule has 1 amide bonds. The van der Waals surface area contributed by atoms with Crippen molar-refractivity contribution in [3.63, 3.8) is 0 Å². The van der Waals surface area contributed by atoms with Crippen LogP contribution in [0.4, 0.5) is 38.0 Å². The SMILES string of the molecule is C=CC(=O)N1CCN(c2nc(OC[C@@H]3C[C@@H](F)CN3C)nc3c(F)c(-c4nc(N)cc(C)c4C(F)(F)F)c(F)cc23)CC1. The largest absolute Gasteiger partial charge is 0.462 e. The third-order valence-electron chi connectivity index (χ3n) is 7.71. The van der Waals surface area contributed by atoms with E-state index >= 15 is 8.78 Å². The van der Waals surface area contributed by atoms with Gasteiger partial charge in [0.15, 0.2) is 5.82 Å². The van der Waals surface area contributed by atoms with Gasteiger partial charge in [0.05, 0.1) is 16.8 Å². The number of anilines is 2. The number of ether oxygens (including phenoxy) is 1. The second kappa shape index (κ2) is 11.5. The van der Waals surface area contributed by atoms with Crippen LogP contribution in [0.3, 0.4) is 0 Å². The number of nitrogens with two attached hydrogens (primary N) is 1. The van der Waals surface area contributed by atoms with Crippen LogP contribution in [0.15, 0.2) is 24.8 Å². The van der Waals surface area contributed by atoms with Crippen LogP contribution < -0.4 is 15.4 Å². The lowest BCUT2D eigenvalue weighted by Crippen LogP contribution is -2.48. The Kier molecular flexibility index (Phi) is 8.11. The van der Waals surface area contributed by atoms with Crippen molar-refractivity contribution in [2.45, 2.75) is 31.7 Å². The van der Waals surface area contributed by atoms with Gasteiger partial charge in [-0.05, 0) is 44.2 Å². The molecular weight excluding hydrogens is 580 g/mol. The van der Waals surface area contributed by atoms with Crippen molar-refractivity contribution in [1.82, 2.24) is 24.8 Å². The maximum absolute atomic E-state index is 16.3. The van der Waals surface area contributed by atoms with Crippen molar-refractivity contribution in [2.75, 3.05) is 57.0 Å². The minimum atomic E-state index is -5.00. The van der Waals surface area contributed by atoms with Gasteiger partial charge in [-0.2, -0.15) is 23.1 Å². The summed E-state index contributed by atoms with van der Waals surface area (Å²) in [5, 5.41) is -0.120. The van der Waals surface area contributed by atoms with Crippen LogP contribution in [-0.4, -0.2) is 89.3 Å². The fourth-order valence-electron chi connectivity index (χ4n) is 5.56. The minimum absolute atomic E-state index is 0.0483. The molecule has 2 fully saturated rings. The Balaban J connectivity index is 1.64.